The van der Waals surface area contributed by atoms with Crippen molar-refractivity contribution in [3.8, 4) is 34.0 Å². The van der Waals surface area contributed by atoms with Crippen LogP contribution < -0.4 is 4.74 Å². The van der Waals surface area contributed by atoms with Crippen molar-refractivity contribution in [3.05, 3.63) is 28.1 Å². The van der Waals surface area contributed by atoms with Crippen molar-refractivity contribution < 1.29 is 45.5 Å². The van der Waals surface area contributed by atoms with E-state index < -0.39 is 30.3 Å². The number of aromatic nitrogens is 3. The minimum atomic E-state index is -5.85. The molecule has 1 atom stereocenters. The first-order valence-corrected chi connectivity index (χ1v) is 9.13. The Hall–Kier alpha value is -3.54. The lowest BCUT2D eigenvalue weighted by Crippen LogP contribution is -2.45. The largest absolute Gasteiger partial charge is 0.478 e. The van der Waals surface area contributed by atoms with Gasteiger partial charge < -0.3 is 14.4 Å². The molecule has 15 heteroatoms. The molecule has 3 aromatic rings. The highest BCUT2D eigenvalue weighted by Crippen LogP contribution is 2.39. The van der Waals surface area contributed by atoms with E-state index in [9.17, 15) is 31.1 Å². The third-order valence-electron chi connectivity index (χ3n) is 4.12. The summed E-state index contributed by atoms with van der Waals surface area (Å²) in [5.74, 6) is -2.26. The van der Waals surface area contributed by atoms with Crippen LogP contribution in [0.25, 0.3) is 22.0 Å². The second kappa shape index (κ2) is 7.86. The first-order valence-electron chi connectivity index (χ1n) is 8.32. The quantitative estimate of drug-likeness (QED) is 0.515. The summed E-state index contributed by atoms with van der Waals surface area (Å²) >= 11 is 0.806. The number of rotatable bonds is 6. The Kier molecular flexibility index (Phi) is 5.68. The van der Waals surface area contributed by atoms with Gasteiger partial charge in [-0.05, 0) is 13.0 Å². The predicted octanol–water partition coefficient (Wildman–Crippen LogP) is 4.55. The third kappa shape index (κ3) is 4.13. The molecular formula is C17H10F6N4O4S. The number of hydrogen-bond donors (Lipinski definition) is 1. The molecule has 3 aromatic heterocycles. The molecule has 8 nitrogen and oxygen atoms in total. The number of halogens is 6. The zero-order chi connectivity index (χ0) is 24.0. The van der Waals surface area contributed by atoms with Crippen LogP contribution in [0.1, 0.15) is 20.8 Å². The van der Waals surface area contributed by atoms with Crippen molar-refractivity contribution in [1.29, 1.82) is 5.26 Å². The minimum absolute atomic E-state index is 0.00346. The molecule has 0 fully saturated rings. The fourth-order valence-corrected chi connectivity index (χ4v) is 3.58. The fraction of sp³-hybridized carbons (Fsp3) is 0.294. The van der Waals surface area contributed by atoms with Crippen LogP contribution in [0.4, 0.5) is 26.3 Å². The fourth-order valence-electron chi connectivity index (χ4n) is 2.69. The van der Waals surface area contributed by atoms with Crippen LogP contribution in [0.15, 0.2) is 16.7 Å². The van der Waals surface area contributed by atoms with Crippen LogP contribution in [0.2, 0.25) is 0 Å². The first-order chi connectivity index (χ1) is 14.8. The topological polar surface area (TPSA) is 114 Å². The van der Waals surface area contributed by atoms with Crippen LogP contribution in [0.3, 0.4) is 0 Å². The molecule has 0 saturated heterocycles. The molecule has 0 saturated carbocycles. The van der Waals surface area contributed by atoms with Crippen molar-refractivity contribution in [3.63, 3.8) is 0 Å². The zero-order valence-corrected chi connectivity index (χ0v) is 16.7. The summed E-state index contributed by atoms with van der Waals surface area (Å²) in [5, 5.41) is 25.4. The number of alkyl halides is 6. The zero-order valence-electron chi connectivity index (χ0n) is 15.9. The molecule has 0 spiro atoms. The number of nitriles is 1. The lowest BCUT2D eigenvalue weighted by molar-refractivity contribution is -0.305. The Bertz CT molecular complexity index is 1220. The lowest BCUT2D eigenvalue weighted by atomic mass is 10.2. The number of hydrogen-bond acceptors (Lipinski definition) is 7. The van der Waals surface area contributed by atoms with Gasteiger partial charge in [-0.15, -0.1) is 16.4 Å². The number of carboxylic acid groups (broad SMARTS) is 1. The van der Waals surface area contributed by atoms with Crippen molar-refractivity contribution in [1.82, 2.24) is 14.9 Å². The highest BCUT2D eigenvalue weighted by atomic mass is 32.1. The Morgan fingerprint density at radius 2 is 2.00 bits per heavy atom. The highest BCUT2D eigenvalue weighted by Gasteiger charge is 2.59. The molecule has 170 valence electrons. The average molecular weight is 480 g/mol. The first kappa shape index (κ1) is 23.1. The van der Waals surface area contributed by atoms with Gasteiger partial charge in [0, 0.05) is 18.7 Å². The van der Waals surface area contributed by atoms with E-state index in [1.807, 2.05) is 0 Å². The van der Waals surface area contributed by atoms with Gasteiger partial charge in [0.15, 0.2) is 5.76 Å². The Balaban J connectivity index is 1.95. The molecule has 3 rings (SSSR count). The standard InChI is InChI=1S/C17H10F6N4O4S/c1-6-12(27(2)25-13(6)30-17(22,23)15(18)16(19,20)21)8-4-9(31-26-8)10-3-7(14(28)29)11(5-24)32-10/h3-4,15H,1-2H3,(H,28,29). The maximum absolute atomic E-state index is 13.6. The maximum Gasteiger partial charge on any atom is 0.440 e. The van der Waals surface area contributed by atoms with Crippen molar-refractivity contribution in [2.75, 3.05) is 0 Å². The Morgan fingerprint density at radius 3 is 2.53 bits per heavy atom. The van der Waals surface area contributed by atoms with Gasteiger partial charge in [-0.1, -0.05) is 5.16 Å². The van der Waals surface area contributed by atoms with Gasteiger partial charge in [0.25, 0.3) is 6.17 Å². The van der Waals surface area contributed by atoms with E-state index in [4.69, 9.17) is 14.9 Å². The minimum Gasteiger partial charge on any atom is -0.478 e. The number of carboxylic acids is 1. The molecule has 1 unspecified atom stereocenters. The molecule has 0 radical (unpaired) electrons. The van der Waals surface area contributed by atoms with Gasteiger partial charge in [-0.25, -0.2) is 9.18 Å². The number of aromatic carboxylic acids is 1. The van der Waals surface area contributed by atoms with E-state index >= 15 is 0 Å². The molecule has 1 N–H and O–H groups in total. The van der Waals surface area contributed by atoms with Gasteiger partial charge >= 0.3 is 18.3 Å². The number of aryl methyl sites for hydroxylation is 1. The van der Waals surface area contributed by atoms with Crippen molar-refractivity contribution in [2.24, 2.45) is 7.05 Å². The van der Waals surface area contributed by atoms with Crippen LogP contribution in [0, 0.1) is 18.3 Å². The van der Waals surface area contributed by atoms with E-state index in [0.717, 1.165) is 16.0 Å². The third-order valence-corrected chi connectivity index (χ3v) is 5.17. The summed E-state index contributed by atoms with van der Waals surface area (Å²) in [5.41, 5.74) is -0.451. The second-order valence-electron chi connectivity index (χ2n) is 6.32. The van der Waals surface area contributed by atoms with Gasteiger partial charge in [0.1, 0.15) is 16.6 Å². The summed E-state index contributed by atoms with van der Waals surface area (Å²) in [4.78, 5) is 11.3. The van der Waals surface area contributed by atoms with E-state index in [-0.39, 0.29) is 38.0 Å². The van der Waals surface area contributed by atoms with Crippen LogP contribution in [-0.2, 0) is 7.05 Å². The predicted molar refractivity (Wildman–Crippen MR) is 95.0 cm³/mol. The second-order valence-corrected chi connectivity index (χ2v) is 7.37. The van der Waals surface area contributed by atoms with Gasteiger partial charge in [0.05, 0.1) is 16.1 Å². The molecule has 0 aliphatic heterocycles. The van der Waals surface area contributed by atoms with Crippen LogP contribution >= 0.6 is 11.3 Å². The molecule has 0 aromatic carbocycles. The summed E-state index contributed by atoms with van der Waals surface area (Å²) in [6, 6.07) is 4.19. The summed E-state index contributed by atoms with van der Waals surface area (Å²) in [7, 11) is 1.25. The Labute approximate surface area is 178 Å². The SMILES string of the molecule is Cc1c(OC(F)(F)C(F)C(F)(F)F)nn(C)c1-c1cc(-c2cc(C(=O)O)c(C#N)s2)on1. The monoisotopic (exact) mass is 480 g/mol. The molecule has 3 heterocycles. The van der Waals surface area contributed by atoms with E-state index in [2.05, 4.69) is 15.0 Å². The van der Waals surface area contributed by atoms with Crippen molar-refractivity contribution >= 4 is 17.3 Å². The van der Waals surface area contributed by atoms with Gasteiger partial charge in [-0.3, -0.25) is 4.68 Å². The maximum atomic E-state index is 13.6. The highest BCUT2D eigenvalue weighted by molar-refractivity contribution is 7.16. The molecule has 0 aliphatic carbocycles. The summed E-state index contributed by atoms with van der Waals surface area (Å²) < 4.78 is 87.3. The lowest BCUT2D eigenvalue weighted by Gasteiger charge is -2.22. The normalized spacial score (nSPS) is 13.1. The number of ether oxygens (including phenoxy) is 1. The smallest absolute Gasteiger partial charge is 0.440 e. The van der Waals surface area contributed by atoms with Crippen molar-refractivity contribution in [2.45, 2.75) is 25.4 Å². The molecule has 0 aliphatic rings. The van der Waals surface area contributed by atoms with Gasteiger partial charge in [0.2, 0.25) is 5.88 Å². The van der Waals surface area contributed by atoms with Crippen LogP contribution in [0.5, 0.6) is 5.88 Å². The average Bonchev–Trinajstić information content (AvgIpc) is 3.38. The Morgan fingerprint density at radius 1 is 1.34 bits per heavy atom. The van der Waals surface area contributed by atoms with E-state index in [1.54, 1.807) is 6.07 Å². The summed E-state index contributed by atoms with van der Waals surface area (Å²) in [6.45, 7) is 1.18. The molecule has 0 bridgehead atoms. The number of carbonyl (C=O) groups is 1. The molecule has 32 heavy (non-hydrogen) atoms. The van der Waals surface area contributed by atoms with Crippen LogP contribution in [-0.4, -0.2) is 44.5 Å². The van der Waals surface area contributed by atoms with E-state index in [1.165, 1.54) is 26.1 Å². The molecular weight excluding hydrogens is 470 g/mol. The summed E-state index contributed by atoms with van der Waals surface area (Å²) in [6.07, 6.45) is -15.7. The number of nitrogens with zero attached hydrogens (tertiary/aromatic N) is 4. The molecule has 0 amide bonds. The number of thiophene rings is 1. The van der Waals surface area contributed by atoms with Gasteiger partial charge in [-0.2, -0.15) is 27.2 Å². The van der Waals surface area contributed by atoms with E-state index in [0.29, 0.717) is 0 Å².